The van der Waals surface area contributed by atoms with Gasteiger partial charge in [0.05, 0.1) is 10.4 Å². The molecule has 0 bridgehead atoms. The van der Waals surface area contributed by atoms with Gasteiger partial charge in [0.25, 0.3) is 0 Å². The molecule has 4 heteroatoms. The summed E-state index contributed by atoms with van der Waals surface area (Å²) in [6, 6.07) is 9.53. The zero-order chi connectivity index (χ0) is 13.0. The zero-order valence-corrected chi connectivity index (χ0v) is 11.4. The lowest BCUT2D eigenvalue weighted by atomic mass is 9.95. The van der Waals surface area contributed by atoms with Gasteiger partial charge in [-0.3, -0.25) is 9.59 Å². The molecule has 0 spiro atoms. The van der Waals surface area contributed by atoms with E-state index in [1.54, 1.807) is 6.08 Å². The lowest BCUT2D eigenvalue weighted by Gasteiger charge is -2.16. The highest BCUT2D eigenvalue weighted by molar-refractivity contribution is 9.12. The minimum Gasteiger partial charge on any atom is -0.460 e. The van der Waals surface area contributed by atoms with Crippen molar-refractivity contribution in [2.24, 2.45) is 5.92 Å². The summed E-state index contributed by atoms with van der Waals surface area (Å²) in [6.07, 6.45) is 2.56. The summed E-state index contributed by atoms with van der Waals surface area (Å²) < 4.78 is 5.72. The molecule has 0 N–H and O–H groups in total. The van der Waals surface area contributed by atoms with Crippen molar-refractivity contribution < 1.29 is 14.3 Å². The molecule has 0 heterocycles. The van der Waals surface area contributed by atoms with Crippen LogP contribution in [0.2, 0.25) is 0 Å². The van der Waals surface area contributed by atoms with Gasteiger partial charge in [-0.2, -0.15) is 0 Å². The van der Waals surface area contributed by atoms with E-state index in [2.05, 4.69) is 15.9 Å². The minimum atomic E-state index is -0.319. The van der Waals surface area contributed by atoms with Crippen molar-refractivity contribution in [1.29, 1.82) is 0 Å². The van der Waals surface area contributed by atoms with E-state index in [1.165, 1.54) is 0 Å². The van der Waals surface area contributed by atoms with Crippen LogP contribution in [0.5, 0.6) is 0 Å². The van der Waals surface area contributed by atoms with Crippen LogP contribution in [0.15, 0.2) is 40.9 Å². The number of benzene rings is 1. The Morgan fingerprint density at radius 3 is 2.72 bits per heavy atom. The Bertz CT molecular complexity index is 479. The Morgan fingerprint density at radius 2 is 2.06 bits per heavy atom. The quantitative estimate of drug-likeness (QED) is 0.806. The number of carbonyl (C=O) groups is 2. The van der Waals surface area contributed by atoms with E-state index in [1.807, 2.05) is 30.3 Å². The fourth-order valence-electron chi connectivity index (χ4n) is 1.78. The van der Waals surface area contributed by atoms with Crippen LogP contribution in [-0.2, 0) is 20.9 Å². The van der Waals surface area contributed by atoms with Crippen LogP contribution in [0.4, 0.5) is 0 Å². The van der Waals surface area contributed by atoms with Crippen LogP contribution in [0, 0.1) is 5.92 Å². The summed E-state index contributed by atoms with van der Waals surface area (Å²) in [5, 5.41) is 0. The number of Topliss-reactive ketones (excluding diaryl/α,β-unsaturated/α-hetero) is 1. The summed E-state index contributed by atoms with van der Waals surface area (Å²) in [6.45, 7) is 0.273. The fourth-order valence-corrected chi connectivity index (χ4v) is 2.30. The highest BCUT2D eigenvalue weighted by Gasteiger charge is 2.25. The van der Waals surface area contributed by atoms with Gasteiger partial charge in [-0.05, 0) is 27.9 Å². The molecule has 0 radical (unpaired) electrons. The van der Waals surface area contributed by atoms with Crippen molar-refractivity contribution in [3.8, 4) is 0 Å². The number of carbonyl (C=O) groups excluding carboxylic acids is 2. The molecule has 1 aromatic rings. The van der Waals surface area contributed by atoms with Gasteiger partial charge in [-0.15, -0.1) is 0 Å². The van der Waals surface area contributed by atoms with Crippen molar-refractivity contribution in [1.82, 2.24) is 0 Å². The first-order valence-corrected chi connectivity index (χ1v) is 6.57. The molecule has 0 aliphatic heterocycles. The SMILES string of the molecule is O=C1CCC(C(=O)OCc2ccccc2)C=C1Br. The van der Waals surface area contributed by atoms with Gasteiger partial charge in [0.2, 0.25) is 0 Å². The Labute approximate surface area is 114 Å². The van der Waals surface area contributed by atoms with Crippen LogP contribution in [0.3, 0.4) is 0 Å². The summed E-state index contributed by atoms with van der Waals surface area (Å²) >= 11 is 3.16. The Morgan fingerprint density at radius 1 is 1.33 bits per heavy atom. The molecule has 0 saturated carbocycles. The number of hydrogen-bond acceptors (Lipinski definition) is 3. The molecular weight excluding hydrogens is 296 g/mol. The van der Waals surface area contributed by atoms with Crippen molar-refractivity contribution in [3.63, 3.8) is 0 Å². The average molecular weight is 309 g/mol. The maximum absolute atomic E-state index is 11.8. The van der Waals surface area contributed by atoms with Gasteiger partial charge in [0.1, 0.15) is 6.61 Å². The lowest BCUT2D eigenvalue weighted by molar-refractivity contribution is -0.148. The summed E-state index contributed by atoms with van der Waals surface area (Å²) in [7, 11) is 0. The van der Waals surface area contributed by atoms with Crippen molar-refractivity contribution >= 4 is 27.7 Å². The first-order valence-electron chi connectivity index (χ1n) is 5.78. The molecule has 0 fully saturated rings. The van der Waals surface area contributed by atoms with E-state index in [0.717, 1.165) is 5.56 Å². The molecule has 1 aliphatic carbocycles. The van der Waals surface area contributed by atoms with E-state index in [-0.39, 0.29) is 24.3 Å². The third-order valence-corrected chi connectivity index (χ3v) is 3.53. The van der Waals surface area contributed by atoms with Gasteiger partial charge >= 0.3 is 5.97 Å². The molecule has 94 valence electrons. The number of halogens is 1. The van der Waals surface area contributed by atoms with Crippen molar-refractivity contribution in [2.75, 3.05) is 0 Å². The summed E-state index contributed by atoms with van der Waals surface area (Å²) in [5.41, 5.74) is 0.959. The van der Waals surface area contributed by atoms with Crippen LogP contribution in [0.1, 0.15) is 18.4 Å². The molecule has 1 unspecified atom stereocenters. The van der Waals surface area contributed by atoms with Crippen LogP contribution < -0.4 is 0 Å². The standard InChI is InChI=1S/C14H13BrO3/c15-12-8-11(6-7-13(12)16)14(17)18-9-10-4-2-1-3-5-10/h1-5,8,11H,6-7,9H2. The highest BCUT2D eigenvalue weighted by Crippen LogP contribution is 2.25. The topological polar surface area (TPSA) is 43.4 Å². The Balaban J connectivity index is 1.91. The molecule has 3 nitrogen and oxygen atoms in total. The van der Waals surface area contributed by atoms with Gasteiger partial charge in [-0.1, -0.05) is 36.4 Å². The summed E-state index contributed by atoms with van der Waals surface area (Å²) in [4.78, 5) is 23.1. The highest BCUT2D eigenvalue weighted by atomic mass is 79.9. The van der Waals surface area contributed by atoms with Gasteiger partial charge < -0.3 is 4.74 Å². The molecule has 18 heavy (non-hydrogen) atoms. The second-order valence-electron chi connectivity index (χ2n) is 4.18. The van der Waals surface area contributed by atoms with E-state index < -0.39 is 0 Å². The van der Waals surface area contributed by atoms with Gasteiger partial charge in [0.15, 0.2) is 5.78 Å². The predicted molar refractivity (Wildman–Crippen MR) is 71.0 cm³/mol. The molecule has 2 rings (SSSR count). The maximum atomic E-state index is 11.8. The fraction of sp³-hybridized carbons (Fsp3) is 0.286. The summed E-state index contributed by atoms with van der Waals surface area (Å²) in [5.74, 6) is -0.550. The monoisotopic (exact) mass is 308 g/mol. The van der Waals surface area contributed by atoms with Crippen molar-refractivity contribution in [3.05, 3.63) is 46.5 Å². The predicted octanol–water partition coefficient (Wildman–Crippen LogP) is 2.99. The molecule has 1 atom stereocenters. The second kappa shape index (κ2) is 5.96. The smallest absolute Gasteiger partial charge is 0.313 e. The number of ether oxygens (including phenoxy) is 1. The van der Waals surface area contributed by atoms with Crippen LogP contribution >= 0.6 is 15.9 Å². The molecule has 0 amide bonds. The number of rotatable bonds is 3. The molecule has 0 aromatic heterocycles. The molecule has 1 aromatic carbocycles. The minimum absolute atomic E-state index is 0.0436. The maximum Gasteiger partial charge on any atom is 0.313 e. The van der Waals surface area contributed by atoms with E-state index in [9.17, 15) is 9.59 Å². The zero-order valence-electron chi connectivity index (χ0n) is 9.77. The molecular formula is C14H13BrO3. The van der Waals surface area contributed by atoms with Crippen LogP contribution in [0.25, 0.3) is 0 Å². The Hall–Kier alpha value is -1.42. The Kier molecular flexibility index (Phi) is 4.31. The van der Waals surface area contributed by atoms with E-state index in [0.29, 0.717) is 17.3 Å². The first kappa shape index (κ1) is 13.0. The molecule has 0 saturated heterocycles. The van der Waals surface area contributed by atoms with E-state index in [4.69, 9.17) is 4.74 Å². The van der Waals surface area contributed by atoms with Gasteiger partial charge in [0, 0.05) is 6.42 Å². The van der Waals surface area contributed by atoms with E-state index >= 15 is 0 Å². The number of ketones is 1. The average Bonchev–Trinajstić information content (AvgIpc) is 2.40. The largest absolute Gasteiger partial charge is 0.460 e. The van der Waals surface area contributed by atoms with Gasteiger partial charge in [-0.25, -0.2) is 0 Å². The van der Waals surface area contributed by atoms with Crippen molar-refractivity contribution in [2.45, 2.75) is 19.4 Å². The second-order valence-corrected chi connectivity index (χ2v) is 5.03. The third-order valence-electron chi connectivity index (χ3n) is 2.82. The third kappa shape index (κ3) is 3.29. The molecule has 1 aliphatic rings. The normalized spacial score (nSPS) is 19.3. The number of esters is 1. The van der Waals surface area contributed by atoms with Crippen LogP contribution in [-0.4, -0.2) is 11.8 Å². The lowest BCUT2D eigenvalue weighted by Crippen LogP contribution is -2.21. The first-order chi connectivity index (χ1) is 8.66. The number of hydrogen-bond donors (Lipinski definition) is 0. The number of allylic oxidation sites excluding steroid dienone is 1.